The number of hydrogen-bond donors (Lipinski definition) is 0. The predicted octanol–water partition coefficient (Wildman–Crippen LogP) is 1.34. The summed E-state index contributed by atoms with van der Waals surface area (Å²) in [5.74, 6) is -3.12. The van der Waals surface area contributed by atoms with E-state index in [9.17, 15) is 18.8 Å². The van der Waals surface area contributed by atoms with Crippen molar-refractivity contribution in [2.75, 3.05) is 0 Å². The van der Waals surface area contributed by atoms with Gasteiger partial charge in [0.15, 0.2) is 0 Å². The lowest BCUT2D eigenvalue weighted by Gasteiger charge is -2.11. The highest BCUT2D eigenvalue weighted by atomic mass is 19.1. The molecule has 1 aliphatic heterocycles. The minimum Gasteiger partial charge on any atom is -0.324 e. The summed E-state index contributed by atoms with van der Waals surface area (Å²) in [6, 6.07) is 7.07. The molecule has 1 heterocycles. The molecule has 0 atom stereocenters. The number of carbonyl (C=O) groups excluding carboxylic acids is 3. The number of rotatable bonds is 3. The van der Waals surface area contributed by atoms with Crippen LogP contribution in [-0.4, -0.2) is 22.8 Å². The van der Waals surface area contributed by atoms with Crippen LogP contribution < -0.4 is 0 Å². The number of hydroxylamine groups is 2. The van der Waals surface area contributed by atoms with Crippen LogP contribution in [0, 0.1) is 17.1 Å². The van der Waals surface area contributed by atoms with Gasteiger partial charge in [-0.1, -0.05) is 18.2 Å². The summed E-state index contributed by atoms with van der Waals surface area (Å²) in [6.45, 7) is 0. The number of halogens is 1. The van der Waals surface area contributed by atoms with Crippen LogP contribution in [0.1, 0.15) is 18.4 Å². The van der Waals surface area contributed by atoms with E-state index in [-0.39, 0.29) is 18.4 Å². The molecule has 1 aromatic rings. The molecule has 6 nitrogen and oxygen atoms in total. The Hall–Kier alpha value is -3.01. The van der Waals surface area contributed by atoms with Gasteiger partial charge in [-0.3, -0.25) is 9.59 Å². The fourth-order valence-electron chi connectivity index (χ4n) is 1.67. The fourth-order valence-corrected chi connectivity index (χ4v) is 1.67. The molecule has 106 valence electrons. The maximum atomic E-state index is 13.5. The van der Waals surface area contributed by atoms with Gasteiger partial charge in [0.2, 0.25) is 0 Å². The largest absolute Gasteiger partial charge is 0.374 e. The van der Waals surface area contributed by atoms with Crippen molar-refractivity contribution in [3.63, 3.8) is 0 Å². The van der Waals surface area contributed by atoms with Gasteiger partial charge in [-0.2, -0.15) is 5.26 Å². The number of hydrogen-bond acceptors (Lipinski definition) is 5. The van der Waals surface area contributed by atoms with Crippen LogP contribution >= 0.6 is 0 Å². The zero-order valence-corrected chi connectivity index (χ0v) is 10.7. The number of nitrogens with zero attached hydrogens (tertiary/aromatic N) is 2. The summed E-state index contributed by atoms with van der Waals surface area (Å²) in [5.41, 5.74) is -0.502. The number of nitriles is 1. The molecule has 0 N–H and O–H groups in total. The van der Waals surface area contributed by atoms with E-state index in [0.29, 0.717) is 5.06 Å². The first kappa shape index (κ1) is 14.4. The van der Waals surface area contributed by atoms with E-state index in [0.717, 1.165) is 6.08 Å². The molecule has 2 rings (SSSR count). The van der Waals surface area contributed by atoms with Crippen LogP contribution in [0.2, 0.25) is 0 Å². The van der Waals surface area contributed by atoms with Gasteiger partial charge in [-0.05, 0) is 12.1 Å². The van der Waals surface area contributed by atoms with Gasteiger partial charge < -0.3 is 4.84 Å². The molecular weight excluding hydrogens is 279 g/mol. The van der Waals surface area contributed by atoms with Crippen LogP contribution in [0.5, 0.6) is 0 Å². The summed E-state index contributed by atoms with van der Waals surface area (Å²) in [5, 5.41) is 9.25. The Bertz CT molecular complexity index is 674. The van der Waals surface area contributed by atoms with E-state index in [1.54, 1.807) is 6.07 Å². The highest BCUT2D eigenvalue weighted by molar-refractivity contribution is 6.04. The van der Waals surface area contributed by atoms with Crippen molar-refractivity contribution in [1.82, 2.24) is 5.06 Å². The van der Waals surface area contributed by atoms with Crippen LogP contribution in [0.25, 0.3) is 6.08 Å². The second-order valence-corrected chi connectivity index (χ2v) is 4.15. The molecule has 21 heavy (non-hydrogen) atoms. The van der Waals surface area contributed by atoms with Crippen molar-refractivity contribution in [3.05, 3.63) is 41.2 Å². The molecular formula is C14H9FN2O4. The highest BCUT2D eigenvalue weighted by Crippen LogP contribution is 2.16. The van der Waals surface area contributed by atoms with Gasteiger partial charge in [-0.15, -0.1) is 5.06 Å². The lowest BCUT2D eigenvalue weighted by molar-refractivity contribution is -0.194. The Morgan fingerprint density at radius 1 is 1.29 bits per heavy atom. The normalized spacial score (nSPS) is 15.0. The molecule has 0 radical (unpaired) electrons. The Kier molecular flexibility index (Phi) is 4.09. The molecule has 0 saturated carbocycles. The minimum atomic E-state index is -1.19. The van der Waals surface area contributed by atoms with Gasteiger partial charge in [0, 0.05) is 18.4 Å². The molecule has 1 saturated heterocycles. The maximum Gasteiger partial charge on any atom is 0.374 e. The van der Waals surface area contributed by atoms with E-state index >= 15 is 0 Å². The lowest BCUT2D eigenvalue weighted by Crippen LogP contribution is -2.32. The molecule has 0 spiro atoms. The summed E-state index contributed by atoms with van der Waals surface area (Å²) in [6.07, 6.45) is 0.888. The smallest absolute Gasteiger partial charge is 0.324 e. The van der Waals surface area contributed by atoms with Gasteiger partial charge in [-0.25, -0.2) is 9.18 Å². The molecule has 0 bridgehead atoms. The minimum absolute atomic E-state index is 0.0186. The zero-order valence-electron chi connectivity index (χ0n) is 10.7. The number of benzene rings is 1. The summed E-state index contributed by atoms with van der Waals surface area (Å²) in [7, 11) is 0. The van der Waals surface area contributed by atoms with Crippen molar-refractivity contribution in [1.29, 1.82) is 5.26 Å². The van der Waals surface area contributed by atoms with Crippen LogP contribution in [0.15, 0.2) is 29.8 Å². The van der Waals surface area contributed by atoms with Gasteiger partial charge in [0.1, 0.15) is 17.5 Å². The number of carbonyl (C=O) groups is 3. The van der Waals surface area contributed by atoms with Gasteiger partial charge >= 0.3 is 5.97 Å². The molecule has 0 unspecified atom stereocenters. The molecule has 7 heteroatoms. The Morgan fingerprint density at radius 2 is 1.90 bits per heavy atom. The van der Waals surface area contributed by atoms with Crippen molar-refractivity contribution >= 4 is 23.9 Å². The summed E-state index contributed by atoms with van der Waals surface area (Å²) >= 11 is 0. The second-order valence-electron chi connectivity index (χ2n) is 4.15. The maximum absolute atomic E-state index is 13.5. The van der Waals surface area contributed by atoms with E-state index in [2.05, 4.69) is 4.84 Å². The average Bonchev–Trinajstić information content (AvgIpc) is 2.78. The third-order valence-electron chi connectivity index (χ3n) is 2.73. The second kappa shape index (κ2) is 5.96. The zero-order chi connectivity index (χ0) is 15.4. The first-order valence-electron chi connectivity index (χ1n) is 5.97. The Labute approximate surface area is 119 Å². The molecule has 1 aromatic carbocycles. The monoisotopic (exact) mass is 288 g/mol. The van der Waals surface area contributed by atoms with Crippen molar-refractivity contribution in [2.24, 2.45) is 0 Å². The number of amides is 2. The molecule has 0 aliphatic carbocycles. The van der Waals surface area contributed by atoms with E-state index in [1.165, 1.54) is 24.3 Å². The molecule has 1 fully saturated rings. The standard InChI is InChI=1S/C14H9FN2O4/c15-11-4-2-1-3-9(11)7-10(8-16)14(20)21-17-12(18)5-6-13(17)19/h1-4,7H,5-6H2/b10-7-. The van der Waals surface area contributed by atoms with Crippen molar-refractivity contribution in [2.45, 2.75) is 12.8 Å². The van der Waals surface area contributed by atoms with Crippen molar-refractivity contribution < 1.29 is 23.6 Å². The van der Waals surface area contributed by atoms with Crippen LogP contribution in [-0.2, 0) is 19.2 Å². The first-order chi connectivity index (χ1) is 10.0. The molecule has 1 aliphatic rings. The fraction of sp³-hybridized carbons (Fsp3) is 0.143. The lowest BCUT2D eigenvalue weighted by atomic mass is 10.1. The topological polar surface area (TPSA) is 87.5 Å². The predicted molar refractivity (Wildman–Crippen MR) is 67.2 cm³/mol. The quantitative estimate of drug-likeness (QED) is 0.476. The number of imide groups is 1. The van der Waals surface area contributed by atoms with Gasteiger partial charge in [0.05, 0.1) is 0 Å². The summed E-state index contributed by atoms with van der Waals surface area (Å²) in [4.78, 5) is 39.0. The Balaban J connectivity index is 2.20. The molecule has 2 amide bonds. The SMILES string of the molecule is N#C/C(=C/c1ccccc1F)C(=O)ON1C(=O)CCC1=O. The van der Waals surface area contributed by atoms with Crippen LogP contribution in [0.3, 0.4) is 0 Å². The third-order valence-corrected chi connectivity index (χ3v) is 2.73. The summed E-state index contributed by atoms with van der Waals surface area (Å²) < 4.78 is 13.5. The molecule has 0 aromatic heterocycles. The van der Waals surface area contributed by atoms with E-state index in [4.69, 9.17) is 5.26 Å². The van der Waals surface area contributed by atoms with E-state index in [1.807, 2.05) is 0 Å². The average molecular weight is 288 g/mol. The Morgan fingerprint density at radius 3 is 2.48 bits per heavy atom. The highest BCUT2D eigenvalue weighted by Gasteiger charge is 2.33. The first-order valence-corrected chi connectivity index (χ1v) is 5.97. The van der Waals surface area contributed by atoms with Crippen molar-refractivity contribution in [3.8, 4) is 6.07 Å². The van der Waals surface area contributed by atoms with E-state index < -0.39 is 29.2 Å². The van der Waals surface area contributed by atoms with Crippen LogP contribution in [0.4, 0.5) is 4.39 Å². The third kappa shape index (κ3) is 3.12. The van der Waals surface area contributed by atoms with Gasteiger partial charge in [0.25, 0.3) is 11.8 Å².